The van der Waals surface area contributed by atoms with E-state index in [0.717, 1.165) is 4.46 Å². The number of ether oxygens (including phenoxy) is 2. The molecule has 1 aliphatic heterocycles. The van der Waals surface area contributed by atoms with E-state index in [1.165, 1.54) is 19.8 Å². The number of aromatic nitrogens is 4. The van der Waals surface area contributed by atoms with Crippen LogP contribution < -0.4 is 4.46 Å². The van der Waals surface area contributed by atoms with Gasteiger partial charge in [0.25, 0.3) is 0 Å². The number of fused-ring (bicyclic) bond motifs is 1. The molecular weight excluding hydrogens is 442 g/mol. The predicted molar refractivity (Wildman–Crippen MR) is 109 cm³/mol. The molecule has 1 saturated heterocycles. The van der Waals surface area contributed by atoms with Gasteiger partial charge in [-0.05, 0) is 0 Å². The van der Waals surface area contributed by atoms with Crippen molar-refractivity contribution in [2.24, 2.45) is 4.99 Å². The number of nitrogens with zero attached hydrogens (tertiary/aromatic N) is 6. The Morgan fingerprint density at radius 2 is 2.03 bits per heavy atom. The van der Waals surface area contributed by atoms with Crippen LogP contribution in [0.3, 0.4) is 0 Å². The van der Waals surface area contributed by atoms with Crippen LogP contribution in [0.4, 0.5) is 10.2 Å². The number of hydrogen-bond acceptors (Lipinski definition) is 6. The molecule has 152 valence electrons. The molecule has 0 amide bonds. The maximum atomic E-state index is 15.5. The van der Waals surface area contributed by atoms with E-state index < -0.39 is 18.7 Å². The number of benzene rings is 1. The van der Waals surface area contributed by atoms with Crippen LogP contribution in [-0.4, -0.2) is 79.4 Å². The number of methoxy groups -OCH3 is 1. The van der Waals surface area contributed by atoms with Gasteiger partial charge in [0.2, 0.25) is 0 Å². The van der Waals surface area contributed by atoms with Crippen LogP contribution >= 0.6 is 0 Å². The number of alkyl halides is 1. The van der Waals surface area contributed by atoms with Crippen molar-refractivity contribution in [3.63, 3.8) is 0 Å². The second-order valence-corrected chi connectivity index (χ2v) is 9.33. The molecule has 0 bridgehead atoms. The number of rotatable bonds is 6. The molecule has 1 aromatic carbocycles. The summed E-state index contributed by atoms with van der Waals surface area (Å²) in [5.41, 5.74) is 0.966. The molecule has 4 rings (SSSR count). The summed E-state index contributed by atoms with van der Waals surface area (Å²) in [5.74, 6) is 0.421. The van der Waals surface area contributed by atoms with Gasteiger partial charge in [-0.2, -0.15) is 0 Å². The van der Waals surface area contributed by atoms with Crippen molar-refractivity contribution in [1.82, 2.24) is 24.4 Å². The zero-order chi connectivity index (χ0) is 20.4. The van der Waals surface area contributed by atoms with E-state index in [9.17, 15) is 0 Å². The maximum absolute atomic E-state index is 15.5. The first kappa shape index (κ1) is 19.9. The topological polar surface area (TPSA) is 77.7 Å². The molecule has 0 unspecified atom stereocenters. The van der Waals surface area contributed by atoms with Gasteiger partial charge >= 0.3 is 174 Å². The van der Waals surface area contributed by atoms with E-state index in [0.29, 0.717) is 17.0 Å². The molecule has 0 radical (unpaired) electrons. The van der Waals surface area contributed by atoms with Crippen molar-refractivity contribution in [1.29, 1.82) is 0 Å². The Labute approximate surface area is 173 Å². The summed E-state index contributed by atoms with van der Waals surface area (Å²) in [4.78, 5) is 18.5. The first-order valence-corrected chi connectivity index (χ1v) is 10.8. The van der Waals surface area contributed by atoms with Gasteiger partial charge in [0, 0.05) is 0 Å². The summed E-state index contributed by atoms with van der Waals surface area (Å²) >= 11 is -0.150. The minimum absolute atomic E-state index is 0.150. The van der Waals surface area contributed by atoms with Crippen LogP contribution in [0.1, 0.15) is 6.23 Å². The molecule has 8 nitrogen and oxygen atoms in total. The Balaban J connectivity index is 1.64. The molecule has 29 heavy (non-hydrogen) atoms. The Bertz CT molecular complexity index is 999. The zero-order valence-electron chi connectivity index (χ0n) is 16.2. The van der Waals surface area contributed by atoms with E-state index in [2.05, 4.69) is 19.9 Å². The van der Waals surface area contributed by atoms with Gasteiger partial charge in [-0.25, -0.2) is 0 Å². The van der Waals surface area contributed by atoms with Gasteiger partial charge in [0.1, 0.15) is 0 Å². The molecule has 3 heterocycles. The van der Waals surface area contributed by atoms with Crippen LogP contribution in [0.5, 0.6) is 0 Å². The standard InChI is InChI=1S/C19H21FN6O2Se/c1-25(2)10-24-16-14-17(22-9-21-16)26(11-23-14)18-13(20)15(19(27-3)28-18)29-12-7-5-4-6-8-12/h4-11,13,15,18-19H,1-3H3/b24-10+/t13-,15+,18+,19-/m0/s1. The number of halogens is 1. The van der Waals surface area contributed by atoms with Crippen LogP contribution in [0.2, 0.25) is 4.82 Å². The molecule has 3 aromatic rings. The van der Waals surface area contributed by atoms with Gasteiger partial charge in [-0.15, -0.1) is 0 Å². The van der Waals surface area contributed by atoms with Gasteiger partial charge in [-0.1, -0.05) is 0 Å². The van der Waals surface area contributed by atoms with Gasteiger partial charge in [0.15, 0.2) is 0 Å². The van der Waals surface area contributed by atoms with Crippen LogP contribution in [0.15, 0.2) is 48.0 Å². The second kappa shape index (κ2) is 8.54. The molecule has 1 aliphatic rings. The molecular formula is C19H21FN6O2Se. The van der Waals surface area contributed by atoms with E-state index in [1.54, 1.807) is 15.8 Å². The zero-order valence-corrected chi connectivity index (χ0v) is 17.9. The van der Waals surface area contributed by atoms with Crippen LogP contribution in [0, 0.1) is 0 Å². The first-order valence-electron chi connectivity index (χ1n) is 9.00. The SMILES string of the molecule is CO[C@H]1O[C@@H](n2cnc3c(/N=C/N(C)C)ncnc32)[C@@H](F)[C@H]1[Se]c1ccccc1. The summed E-state index contributed by atoms with van der Waals surface area (Å²) < 4.78 is 29.6. The van der Waals surface area contributed by atoms with Crippen molar-refractivity contribution in [3.8, 4) is 0 Å². The average Bonchev–Trinajstić information content (AvgIpc) is 3.29. The van der Waals surface area contributed by atoms with Gasteiger partial charge in [0.05, 0.1) is 0 Å². The number of hydrogen-bond donors (Lipinski definition) is 0. The third-order valence-electron chi connectivity index (χ3n) is 4.40. The Hall–Kier alpha value is -2.39. The molecule has 1 fully saturated rings. The summed E-state index contributed by atoms with van der Waals surface area (Å²) in [6, 6.07) is 9.86. The van der Waals surface area contributed by atoms with E-state index in [1.807, 2.05) is 44.4 Å². The minimum atomic E-state index is -1.26. The Morgan fingerprint density at radius 3 is 2.76 bits per heavy atom. The van der Waals surface area contributed by atoms with E-state index >= 15 is 4.39 Å². The van der Waals surface area contributed by atoms with Gasteiger partial charge < -0.3 is 0 Å². The summed E-state index contributed by atoms with van der Waals surface area (Å²) in [6.07, 6.45) is 1.77. The van der Waals surface area contributed by atoms with Crippen molar-refractivity contribution in [2.75, 3.05) is 21.2 Å². The summed E-state index contributed by atoms with van der Waals surface area (Å²) in [6.45, 7) is 0. The normalized spacial score (nSPS) is 24.6. The van der Waals surface area contributed by atoms with Crippen LogP contribution in [0.25, 0.3) is 11.2 Å². The Morgan fingerprint density at radius 1 is 1.24 bits per heavy atom. The molecule has 10 heteroatoms. The average molecular weight is 463 g/mol. The van der Waals surface area contributed by atoms with Crippen molar-refractivity contribution < 1.29 is 13.9 Å². The molecule has 0 spiro atoms. The quantitative estimate of drug-likeness (QED) is 0.315. The van der Waals surface area contributed by atoms with Gasteiger partial charge in [-0.3, -0.25) is 0 Å². The summed E-state index contributed by atoms with van der Waals surface area (Å²) in [5, 5.41) is 0. The monoisotopic (exact) mass is 464 g/mol. The second-order valence-electron chi connectivity index (χ2n) is 6.70. The molecule has 4 atom stereocenters. The fraction of sp³-hybridized carbons (Fsp3) is 0.368. The number of aliphatic imine (C=N–C) groups is 1. The van der Waals surface area contributed by atoms with Crippen LogP contribution in [-0.2, 0) is 9.47 Å². The molecule has 2 aromatic heterocycles. The predicted octanol–water partition coefficient (Wildman–Crippen LogP) is 1.71. The fourth-order valence-electron chi connectivity index (χ4n) is 3.08. The third kappa shape index (κ3) is 4.02. The van der Waals surface area contributed by atoms with Crippen molar-refractivity contribution >= 4 is 42.7 Å². The molecule has 0 aliphatic carbocycles. The molecule has 0 saturated carbocycles. The van der Waals surface area contributed by atoms with Crippen molar-refractivity contribution in [2.45, 2.75) is 23.5 Å². The van der Waals surface area contributed by atoms with E-state index in [4.69, 9.17) is 9.47 Å². The summed E-state index contributed by atoms with van der Waals surface area (Å²) in [7, 11) is 5.26. The first-order chi connectivity index (χ1) is 14.1. The number of imidazole rings is 1. The van der Waals surface area contributed by atoms with E-state index in [-0.39, 0.29) is 19.8 Å². The molecule has 0 N–H and O–H groups in total. The third-order valence-corrected chi connectivity index (χ3v) is 7.13. The fourth-order valence-corrected chi connectivity index (χ4v) is 5.55. The Kier molecular flexibility index (Phi) is 5.86. The van der Waals surface area contributed by atoms with Crippen molar-refractivity contribution in [3.05, 3.63) is 43.0 Å².